The molecule has 4 atom stereocenters. The quantitative estimate of drug-likeness (QED) is 0.723. The summed E-state index contributed by atoms with van der Waals surface area (Å²) < 4.78 is 23.9. The number of aliphatic hydroxyl groups is 2. The highest BCUT2D eigenvalue weighted by molar-refractivity contribution is 7.92. The van der Waals surface area contributed by atoms with Gasteiger partial charge in [-0.05, 0) is 42.9 Å². The maximum Gasteiger partial charge on any atom is 0.154 e. The molecule has 3 fully saturated rings. The van der Waals surface area contributed by atoms with Crippen molar-refractivity contribution in [2.45, 2.75) is 44.1 Å². The van der Waals surface area contributed by atoms with Gasteiger partial charge in [-0.15, -0.1) is 0 Å². The summed E-state index contributed by atoms with van der Waals surface area (Å²) in [5.74, 6) is 0.674. The predicted molar refractivity (Wildman–Crippen MR) is 62.8 cm³/mol. The lowest BCUT2D eigenvalue weighted by molar-refractivity contribution is -0.100. The molecule has 3 rings (SSSR count). The normalized spacial score (nSPS) is 45.1. The molecule has 17 heavy (non-hydrogen) atoms. The van der Waals surface area contributed by atoms with E-state index in [4.69, 9.17) is 0 Å². The molecule has 0 aromatic rings. The van der Waals surface area contributed by atoms with E-state index in [-0.39, 0.29) is 28.3 Å². The van der Waals surface area contributed by atoms with Gasteiger partial charge in [0.25, 0.3) is 0 Å². The lowest BCUT2D eigenvalue weighted by atomic mass is 9.91. The average molecular weight is 260 g/mol. The minimum atomic E-state index is -2.92. The van der Waals surface area contributed by atoms with Crippen molar-refractivity contribution >= 4 is 9.84 Å². The van der Waals surface area contributed by atoms with E-state index in [9.17, 15) is 18.6 Å². The molecule has 0 aromatic heterocycles. The first-order valence-electron chi connectivity index (χ1n) is 6.42. The summed E-state index contributed by atoms with van der Waals surface area (Å²) in [4.78, 5) is 0. The van der Waals surface area contributed by atoms with Crippen LogP contribution in [0.25, 0.3) is 0 Å². The molecule has 0 bridgehead atoms. The molecule has 0 spiro atoms. The Morgan fingerprint density at radius 2 is 2.00 bits per heavy atom. The molecule has 98 valence electrons. The molecule has 4 nitrogen and oxygen atoms in total. The van der Waals surface area contributed by atoms with Crippen LogP contribution in [0, 0.1) is 23.2 Å². The molecule has 0 radical (unpaired) electrons. The van der Waals surface area contributed by atoms with Gasteiger partial charge in [-0.25, -0.2) is 8.42 Å². The van der Waals surface area contributed by atoms with E-state index in [1.807, 2.05) is 0 Å². The maximum absolute atomic E-state index is 12.0. The van der Waals surface area contributed by atoms with Gasteiger partial charge in [-0.3, -0.25) is 0 Å². The minimum absolute atomic E-state index is 0.0160. The lowest BCUT2D eigenvalue weighted by Gasteiger charge is -2.21. The highest BCUT2D eigenvalue weighted by Crippen LogP contribution is 2.69. The number of fused-ring (bicyclic) bond motifs is 1. The first-order valence-corrected chi connectivity index (χ1v) is 8.14. The molecule has 0 aromatic carbocycles. The molecule has 3 aliphatic rings. The zero-order valence-corrected chi connectivity index (χ0v) is 10.9. The number of aliphatic hydroxyl groups excluding tert-OH is 1. The third kappa shape index (κ3) is 1.83. The molecular formula is C12H20O4S. The van der Waals surface area contributed by atoms with Crippen LogP contribution in [-0.4, -0.2) is 35.9 Å². The van der Waals surface area contributed by atoms with Gasteiger partial charge < -0.3 is 10.2 Å². The Morgan fingerprint density at radius 1 is 1.35 bits per heavy atom. The van der Waals surface area contributed by atoms with Crippen LogP contribution in [0.5, 0.6) is 0 Å². The molecule has 0 amide bonds. The second-order valence-electron chi connectivity index (χ2n) is 6.36. The van der Waals surface area contributed by atoms with Crippen LogP contribution in [0.1, 0.15) is 32.6 Å². The van der Waals surface area contributed by atoms with Crippen molar-refractivity contribution in [3.63, 3.8) is 0 Å². The first-order chi connectivity index (χ1) is 7.84. The van der Waals surface area contributed by atoms with E-state index in [0.717, 1.165) is 19.3 Å². The smallest absolute Gasteiger partial charge is 0.154 e. The number of hydrogen-bond donors (Lipinski definition) is 2. The highest BCUT2D eigenvalue weighted by atomic mass is 32.2. The lowest BCUT2D eigenvalue weighted by Crippen LogP contribution is -2.26. The van der Waals surface area contributed by atoms with Gasteiger partial charge in [-0.1, -0.05) is 6.92 Å². The Morgan fingerprint density at radius 3 is 2.47 bits per heavy atom. The van der Waals surface area contributed by atoms with Gasteiger partial charge in [0.05, 0.1) is 11.0 Å². The summed E-state index contributed by atoms with van der Waals surface area (Å²) in [5.41, 5.74) is -0.0160. The monoisotopic (exact) mass is 260 g/mol. The van der Waals surface area contributed by atoms with Crippen molar-refractivity contribution in [1.29, 1.82) is 0 Å². The molecule has 5 heteroatoms. The molecular weight excluding hydrogens is 240 g/mol. The van der Waals surface area contributed by atoms with Crippen LogP contribution in [0.3, 0.4) is 0 Å². The van der Waals surface area contributed by atoms with Crippen molar-refractivity contribution in [2.75, 3.05) is 5.75 Å². The van der Waals surface area contributed by atoms with E-state index in [0.29, 0.717) is 12.3 Å². The van der Waals surface area contributed by atoms with Gasteiger partial charge in [0.2, 0.25) is 0 Å². The number of rotatable bonds is 4. The van der Waals surface area contributed by atoms with Crippen LogP contribution in [-0.2, 0) is 9.84 Å². The van der Waals surface area contributed by atoms with E-state index in [2.05, 4.69) is 6.92 Å². The standard InChI is InChI=1S/C12H20O4S/c1-12-5-10(12)7(4-9(12)11(13)14)6-17(15,16)8-2-3-8/h7-11,13-14H,2-6H2,1H3/t7-,9+,10+,12-/m1/s1. The second-order valence-corrected chi connectivity index (χ2v) is 8.69. The third-order valence-electron chi connectivity index (χ3n) is 5.16. The molecule has 0 heterocycles. The Balaban J connectivity index is 1.71. The van der Waals surface area contributed by atoms with E-state index >= 15 is 0 Å². The largest absolute Gasteiger partial charge is 0.368 e. The van der Waals surface area contributed by atoms with Crippen molar-refractivity contribution in [3.8, 4) is 0 Å². The van der Waals surface area contributed by atoms with Gasteiger partial charge >= 0.3 is 0 Å². The highest BCUT2D eigenvalue weighted by Gasteiger charge is 2.65. The van der Waals surface area contributed by atoms with Crippen LogP contribution in [0.15, 0.2) is 0 Å². The van der Waals surface area contributed by atoms with Gasteiger partial charge in [0, 0.05) is 5.92 Å². The van der Waals surface area contributed by atoms with Crippen molar-refractivity contribution in [2.24, 2.45) is 23.2 Å². The zero-order chi connectivity index (χ0) is 12.4. The molecule has 3 aliphatic carbocycles. The summed E-state index contributed by atoms with van der Waals surface area (Å²) in [6.45, 7) is 2.06. The second kappa shape index (κ2) is 3.45. The molecule has 3 saturated carbocycles. The molecule has 0 unspecified atom stereocenters. The minimum Gasteiger partial charge on any atom is -0.368 e. The SMILES string of the molecule is C[C@]12C[C@H]1[C@@H](CS(=O)(=O)C1CC1)C[C@H]2C(O)O. The Hall–Kier alpha value is -0.130. The Kier molecular flexibility index (Phi) is 2.42. The van der Waals surface area contributed by atoms with Gasteiger partial charge in [0.15, 0.2) is 16.1 Å². The van der Waals surface area contributed by atoms with E-state index in [1.165, 1.54) is 0 Å². The van der Waals surface area contributed by atoms with Crippen LogP contribution in [0.2, 0.25) is 0 Å². The van der Waals surface area contributed by atoms with Gasteiger partial charge in [0.1, 0.15) is 0 Å². The molecule has 2 N–H and O–H groups in total. The summed E-state index contributed by atoms with van der Waals surface area (Å²) in [6, 6.07) is 0. The molecule has 0 saturated heterocycles. The number of sulfone groups is 1. The maximum atomic E-state index is 12.0. The summed E-state index contributed by atoms with van der Waals surface area (Å²) in [6.07, 6.45) is 1.97. The van der Waals surface area contributed by atoms with E-state index in [1.54, 1.807) is 0 Å². The summed E-state index contributed by atoms with van der Waals surface area (Å²) in [7, 11) is -2.92. The average Bonchev–Trinajstić information content (AvgIpc) is 3.06. The summed E-state index contributed by atoms with van der Waals surface area (Å²) in [5, 5.41) is 18.6. The fourth-order valence-corrected chi connectivity index (χ4v) is 5.91. The zero-order valence-electron chi connectivity index (χ0n) is 10.0. The van der Waals surface area contributed by atoms with Crippen molar-refractivity contribution in [3.05, 3.63) is 0 Å². The predicted octanol–water partition coefficient (Wildman–Crippen LogP) is 0.537. The fraction of sp³-hybridized carbons (Fsp3) is 1.00. The van der Waals surface area contributed by atoms with E-state index < -0.39 is 16.1 Å². The van der Waals surface area contributed by atoms with Gasteiger partial charge in [-0.2, -0.15) is 0 Å². The fourth-order valence-electron chi connectivity index (χ4n) is 3.81. The summed E-state index contributed by atoms with van der Waals surface area (Å²) >= 11 is 0. The topological polar surface area (TPSA) is 74.6 Å². The van der Waals surface area contributed by atoms with Crippen LogP contribution < -0.4 is 0 Å². The number of hydrogen-bond acceptors (Lipinski definition) is 4. The Labute approximate surface area is 102 Å². The van der Waals surface area contributed by atoms with Crippen LogP contribution >= 0.6 is 0 Å². The third-order valence-corrected chi connectivity index (χ3v) is 7.54. The first kappa shape index (κ1) is 11.9. The van der Waals surface area contributed by atoms with Crippen molar-refractivity contribution in [1.82, 2.24) is 0 Å². The molecule has 0 aliphatic heterocycles. The van der Waals surface area contributed by atoms with Crippen LogP contribution in [0.4, 0.5) is 0 Å². The van der Waals surface area contributed by atoms with Crippen molar-refractivity contribution < 1.29 is 18.6 Å². The Bertz CT molecular complexity index is 426.